The molecule has 43 heavy (non-hydrogen) atoms. The molecule has 1 aromatic carbocycles. The number of carbonyl (C=O) groups excluding carboxylic acids is 2. The molecule has 2 aliphatic heterocycles. The summed E-state index contributed by atoms with van der Waals surface area (Å²) >= 11 is 0. The highest BCUT2D eigenvalue weighted by atomic mass is 19.3. The topological polar surface area (TPSA) is 79.7 Å². The maximum Gasteiger partial charge on any atom is 0.409 e. The number of amides is 2. The fraction of sp³-hybridized carbons (Fsp3) is 0.667. The summed E-state index contributed by atoms with van der Waals surface area (Å²) in [7, 11) is 1.41. The van der Waals surface area contributed by atoms with Crippen molar-refractivity contribution in [3.05, 3.63) is 53.1 Å². The van der Waals surface area contributed by atoms with Crippen molar-refractivity contribution in [2.75, 3.05) is 20.2 Å². The lowest BCUT2D eigenvalue weighted by Crippen LogP contribution is -2.41. The number of likely N-dealkylation sites (tertiary alicyclic amines) is 1. The first-order chi connectivity index (χ1) is 20.6. The van der Waals surface area contributed by atoms with Gasteiger partial charge in [-0.3, -0.25) is 9.69 Å². The number of imidazole rings is 1. The van der Waals surface area contributed by atoms with E-state index in [4.69, 9.17) is 9.72 Å². The molecule has 1 saturated carbocycles. The van der Waals surface area contributed by atoms with E-state index in [9.17, 15) is 18.4 Å². The number of nitrogens with one attached hydrogen (secondary N) is 1. The van der Waals surface area contributed by atoms with Gasteiger partial charge in [0.2, 0.25) is 11.8 Å². The Morgan fingerprint density at radius 3 is 2.56 bits per heavy atom. The van der Waals surface area contributed by atoms with Gasteiger partial charge in [0.05, 0.1) is 25.4 Å². The van der Waals surface area contributed by atoms with Crippen molar-refractivity contribution in [2.24, 2.45) is 5.92 Å². The zero-order valence-electron chi connectivity index (χ0n) is 26.0. The average molecular weight is 600 g/mol. The quantitative estimate of drug-likeness (QED) is 0.372. The van der Waals surface area contributed by atoms with Crippen LogP contribution in [0, 0.1) is 12.8 Å². The summed E-state index contributed by atoms with van der Waals surface area (Å²) < 4.78 is 34.7. The molecule has 3 aliphatic rings. The third-order valence-corrected chi connectivity index (χ3v) is 9.95. The van der Waals surface area contributed by atoms with Crippen LogP contribution in [0.15, 0.2) is 30.3 Å². The third-order valence-electron chi connectivity index (χ3n) is 9.95. The fourth-order valence-corrected chi connectivity index (χ4v) is 7.57. The fourth-order valence-electron chi connectivity index (χ4n) is 7.57. The van der Waals surface area contributed by atoms with Crippen molar-refractivity contribution < 1.29 is 23.1 Å². The van der Waals surface area contributed by atoms with Crippen LogP contribution in [-0.4, -0.2) is 69.6 Å². The van der Waals surface area contributed by atoms with Gasteiger partial charge in [0.15, 0.2) is 0 Å². The molecule has 10 heteroatoms. The normalized spacial score (nSPS) is 23.9. The van der Waals surface area contributed by atoms with Crippen LogP contribution < -0.4 is 5.32 Å². The largest absolute Gasteiger partial charge is 0.453 e. The SMILES string of the molecule is COC(=O)N1CCc2c(nc(C)n2C(C)CC2CCC(C)N2CCC(NC(=O)C2CCC(F)(F)CC2)c2ccccc2)C1. The number of carbonyl (C=O) groups is 2. The van der Waals surface area contributed by atoms with Crippen LogP contribution in [0.25, 0.3) is 0 Å². The smallest absolute Gasteiger partial charge is 0.409 e. The zero-order chi connectivity index (χ0) is 30.7. The molecule has 1 N–H and O–H groups in total. The molecule has 1 aromatic heterocycles. The minimum Gasteiger partial charge on any atom is -0.453 e. The first-order valence-electron chi connectivity index (χ1n) is 15.9. The molecular weight excluding hydrogens is 552 g/mol. The van der Waals surface area contributed by atoms with Crippen LogP contribution in [0.4, 0.5) is 13.6 Å². The van der Waals surface area contributed by atoms with E-state index in [2.05, 4.69) is 28.6 Å². The maximum absolute atomic E-state index is 13.7. The summed E-state index contributed by atoms with van der Waals surface area (Å²) in [5.74, 6) is -2.12. The standard InChI is InChI=1S/C33H47F2N5O3/c1-22-10-11-27(20-23(2)40-24(3)36-29-21-38(32(42)43-4)18-15-30(29)40)39(22)19-14-28(25-8-6-5-7-9-25)37-31(41)26-12-16-33(34,35)17-13-26/h5-9,22-23,26-28H,10-21H2,1-4H3,(H,37,41). The minimum absolute atomic E-state index is 0.102. The number of methoxy groups -OCH3 is 1. The van der Waals surface area contributed by atoms with Gasteiger partial charge >= 0.3 is 6.09 Å². The minimum atomic E-state index is -2.65. The molecule has 0 bridgehead atoms. The van der Waals surface area contributed by atoms with Crippen molar-refractivity contribution >= 4 is 12.0 Å². The van der Waals surface area contributed by atoms with Crippen molar-refractivity contribution in [1.29, 1.82) is 0 Å². The Labute approximate surface area is 254 Å². The molecule has 3 heterocycles. The number of hydrogen-bond acceptors (Lipinski definition) is 5. The number of aryl methyl sites for hydroxylation is 1. The summed E-state index contributed by atoms with van der Waals surface area (Å²) in [5.41, 5.74) is 3.23. The average Bonchev–Trinajstić information content (AvgIpc) is 3.51. The molecule has 4 unspecified atom stereocenters. The summed E-state index contributed by atoms with van der Waals surface area (Å²) in [6, 6.07) is 11.0. The Kier molecular flexibility index (Phi) is 9.73. The van der Waals surface area contributed by atoms with Gasteiger partial charge in [0.25, 0.3) is 0 Å². The van der Waals surface area contributed by atoms with E-state index < -0.39 is 5.92 Å². The zero-order valence-corrected chi connectivity index (χ0v) is 26.0. The van der Waals surface area contributed by atoms with E-state index >= 15 is 0 Å². The molecule has 5 rings (SSSR count). The Morgan fingerprint density at radius 1 is 1.14 bits per heavy atom. The summed E-state index contributed by atoms with van der Waals surface area (Å²) in [5, 5.41) is 3.24. The molecule has 2 amide bonds. The van der Waals surface area contributed by atoms with Gasteiger partial charge in [-0.2, -0.15) is 0 Å². The Bertz CT molecular complexity index is 1260. The highest BCUT2D eigenvalue weighted by Crippen LogP contribution is 2.37. The van der Waals surface area contributed by atoms with E-state index in [0.29, 0.717) is 25.2 Å². The van der Waals surface area contributed by atoms with E-state index in [1.807, 2.05) is 37.3 Å². The number of benzene rings is 1. The molecule has 8 nitrogen and oxygen atoms in total. The van der Waals surface area contributed by atoms with Gasteiger partial charge in [0.1, 0.15) is 5.82 Å². The van der Waals surface area contributed by atoms with E-state index in [1.54, 1.807) is 4.90 Å². The second-order valence-electron chi connectivity index (χ2n) is 12.9. The number of ether oxygens (including phenoxy) is 1. The number of hydrogen-bond donors (Lipinski definition) is 1. The maximum atomic E-state index is 13.7. The van der Waals surface area contributed by atoms with Gasteiger partial charge in [-0.15, -0.1) is 0 Å². The highest BCUT2D eigenvalue weighted by molar-refractivity contribution is 5.79. The molecule has 4 atom stereocenters. The van der Waals surface area contributed by atoms with Crippen LogP contribution >= 0.6 is 0 Å². The van der Waals surface area contributed by atoms with E-state index in [0.717, 1.165) is 55.7 Å². The Balaban J connectivity index is 1.24. The monoisotopic (exact) mass is 599 g/mol. The Morgan fingerprint density at radius 2 is 1.86 bits per heavy atom. The number of halogens is 2. The first-order valence-corrected chi connectivity index (χ1v) is 15.9. The van der Waals surface area contributed by atoms with Crippen molar-refractivity contribution in [2.45, 2.75) is 115 Å². The van der Waals surface area contributed by atoms with Gasteiger partial charge in [0, 0.05) is 62.1 Å². The number of rotatable bonds is 9. The van der Waals surface area contributed by atoms with Crippen molar-refractivity contribution in [1.82, 2.24) is 24.7 Å². The molecule has 2 aromatic rings. The van der Waals surface area contributed by atoms with Gasteiger partial charge in [-0.05, 0) is 64.9 Å². The molecule has 1 aliphatic carbocycles. The van der Waals surface area contributed by atoms with Crippen LogP contribution in [0.1, 0.15) is 100 Å². The summed E-state index contributed by atoms with van der Waals surface area (Å²) in [6.45, 7) is 8.55. The van der Waals surface area contributed by atoms with Crippen molar-refractivity contribution in [3.63, 3.8) is 0 Å². The van der Waals surface area contributed by atoms with Gasteiger partial charge < -0.3 is 19.5 Å². The van der Waals surface area contributed by atoms with Crippen molar-refractivity contribution in [3.8, 4) is 0 Å². The van der Waals surface area contributed by atoms with Crippen LogP contribution in [0.5, 0.6) is 0 Å². The number of nitrogens with zero attached hydrogens (tertiary/aromatic N) is 4. The van der Waals surface area contributed by atoms with Gasteiger partial charge in [-0.25, -0.2) is 18.6 Å². The van der Waals surface area contributed by atoms with Gasteiger partial charge in [-0.1, -0.05) is 30.3 Å². The molecule has 0 radical (unpaired) electrons. The number of aromatic nitrogens is 2. The molecule has 2 fully saturated rings. The van der Waals surface area contributed by atoms with Crippen LogP contribution in [-0.2, 0) is 22.5 Å². The lowest BCUT2D eigenvalue weighted by atomic mass is 9.86. The lowest BCUT2D eigenvalue weighted by molar-refractivity contribution is -0.130. The second kappa shape index (κ2) is 13.3. The van der Waals surface area contributed by atoms with E-state index in [-0.39, 0.29) is 55.7 Å². The summed E-state index contributed by atoms with van der Waals surface area (Å²) in [4.78, 5) is 34.4. The third kappa shape index (κ3) is 7.21. The lowest BCUT2D eigenvalue weighted by Gasteiger charge is -2.34. The number of fused-ring (bicyclic) bond motifs is 1. The molecular formula is C33H47F2N5O3. The first kappa shape index (κ1) is 31.4. The predicted molar refractivity (Wildman–Crippen MR) is 161 cm³/mol. The summed E-state index contributed by atoms with van der Waals surface area (Å²) in [6.07, 6.45) is 4.50. The molecule has 236 valence electrons. The Hall–Kier alpha value is -3.01. The van der Waals surface area contributed by atoms with Crippen LogP contribution in [0.3, 0.4) is 0 Å². The highest BCUT2D eigenvalue weighted by Gasteiger charge is 2.38. The van der Waals surface area contributed by atoms with E-state index in [1.165, 1.54) is 12.8 Å². The van der Waals surface area contributed by atoms with Crippen LogP contribution in [0.2, 0.25) is 0 Å². The molecule has 1 saturated heterocycles. The molecule has 0 spiro atoms. The number of alkyl halides is 2. The second-order valence-corrected chi connectivity index (χ2v) is 12.9. The predicted octanol–water partition coefficient (Wildman–Crippen LogP) is 6.19.